The Bertz CT molecular complexity index is 541. The monoisotopic (exact) mass is 369 g/mol. The van der Waals surface area contributed by atoms with Gasteiger partial charge in [0.25, 0.3) is 0 Å². The highest BCUT2D eigenvalue weighted by Crippen LogP contribution is 2.16. The maximum absolute atomic E-state index is 12.5. The summed E-state index contributed by atoms with van der Waals surface area (Å²) in [5.74, 6) is 0. The maximum atomic E-state index is 12.5. The van der Waals surface area contributed by atoms with Gasteiger partial charge in [-0.05, 0) is 53.5 Å². The molecular formula is C18H31N3O3S. The van der Waals surface area contributed by atoms with E-state index in [2.05, 4.69) is 10.0 Å². The average Bonchev–Trinajstić information content (AvgIpc) is 2.44. The second-order valence-corrected chi connectivity index (χ2v) is 9.97. The first kappa shape index (κ1) is 21.8. The van der Waals surface area contributed by atoms with Crippen molar-refractivity contribution in [1.82, 2.24) is 10.0 Å². The normalized spacial score (nSPS) is 16.0. The Kier molecular flexibility index (Phi) is 7.74. The number of alkyl carbamates (subject to hydrolysis) is 1. The lowest BCUT2D eigenvalue weighted by Gasteiger charge is -2.31. The lowest BCUT2D eigenvalue weighted by atomic mass is 10.0. The van der Waals surface area contributed by atoms with Crippen molar-refractivity contribution >= 4 is 17.5 Å². The van der Waals surface area contributed by atoms with Crippen LogP contribution in [0.1, 0.15) is 47.1 Å². The molecule has 0 aliphatic carbocycles. The number of nitrogens with one attached hydrogen (secondary N) is 2. The van der Waals surface area contributed by atoms with Crippen LogP contribution in [-0.2, 0) is 22.5 Å². The van der Waals surface area contributed by atoms with Gasteiger partial charge in [0.2, 0.25) is 0 Å². The molecule has 3 atom stereocenters. The fourth-order valence-corrected chi connectivity index (χ4v) is 2.83. The fraction of sp³-hybridized carbons (Fsp3) is 0.611. The van der Waals surface area contributed by atoms with Gasteiger partial charge in [-0.3, -0.25) is 0 Å². The lowest BCUT2D eigenvalue weighted by molar-refractivity contribution is 0.0496. The highest BCUT2D eigenvalue weighted by molar-refractivity contribution is 7.90. The van der Waals surface area contributed by atoms with E-state index >= 15 is 0 Å². The van der Waals surface area contributed by atoms with Crippen LogP contribution in [0.25, 0.3) is 0 Å². The van der Waals surface area contributed by atoms with E-state index in [1.165, 1.54) is 0 Å². The first-order chi connectivity index (χ1) is 11.4. The minimum Gasteiger partial charge on any atom is -0.598 e. The molecule has 0 aromatic heterocycles. The molecular weight excluding hydrogens is 338 g/mol. The Hall–Kier alpha value is -1.28. The van der Waals surface area contributed by atoms with E-state index in [1.54, 1.807) is 20.8 Å². The van der Waals surface area contributed by atoms with E-state index in [9.17, 15) is 9.35 Å². The van der Waals surface area contributed by atoms with Gasteiger partial charge in [-0.2, -0.15) is 0 Å². The summed E-state index contributed by atoms with van der Waals surface area (Å²) >= 11 is -1.32. The van der Waals surface area contributed by atoms with Crippen molar-refractivity contribution in [3.05, 3.63) is 35.9 Å². The Labute approximate surface area is 154 Å². The molecule has 1 aromatic carbocycles. The van der Waals surface area contributed by atoms with Gasteiger partial charge in [0.05, 0.1) is 6.04 Å². The lowest BCUT2D eigenvalue weighted by Crippen LogP contribution is -2.59. The van der Waals surface area contributed by atoms with E-state index in [4.69, 9.17) is 10.5 Å². The Morgan fingerprint density at radius 1 is 1.20 bits per heavy atom. The molecule has 0 fully saturated rings. The van der Waals surface area contributed by atoms with Crippen molar-refractivity contribution in [1.29, 1.82) is 0 Å². The number of carbonyl (C=O) groups excluding carboxylic acids is 1. The van der Waals surface area contributed by atoms with Crippen LogP contribution in [-0.4, -0.2) is 33.2 Å². The minimum absolute atomic E-state index is 0.407. The quantitative estimate of drug-likeness (QED) is 0.528. The molecule has 142 valence electrons. The van der Waals surface area contributed by atoms with Crippen LogP contribution in [0, 0.1) is 0 Å². The predicted octanol–water partition coefficient (Wildman–Crippen LogP) is 2.46. The van der Waals surface area contributed by atoms with Crippen LogP contribution >= 0.6 is 0 Å². The van der Waals surface area contributed by atoms with Crippen LogP contribution in [0.2, 0.25) is 0 Å². The zero-order chi connectivity index (χ0) is 19.3. The molecule has 1 amide bonds. The minimum atomic E-state index is -1.32. The van der Waals surface area contributed by atoms with Gasteiger partial charge >= 0.3 is 6.09 Å². The Morgan fingerprint density at radius 2 is 1.76 bits per heavy atom. The zero-order valence-corrected chi connectivity index (χ0v) is 16.8. The highest BCUT2D eigenvalue weighted by atomic mass is 32.2. The van der Waals surface area contributed by atoms with Crippen molar-refractivity contribution in [2.75, 3.05) is 0 Å². The van der Waals surface area contributed by atoms with Gasteiger partial charge in [0.1, 0.15) is 16.5 Å². The summed E-state index contributed by atoms with van der Waals surface area (Å²) in [6, 6.07) is 9.32. The summed E-state index contributed by atoms with van der Waals surface area (Å²) < 4.78 is 20.3. The number of benzene rings is 1. The molecule has 0 spiro atoms. The maximum Gasteiger partial charge on any atom is 0.408 e. The molecule has 0 bridgehead atoms. The van der Waals surface area contributed by atoms with Crippen LogP contribution in [0.3, 0.4) is 0 Å². The molecule has 4 N–H and O–H groups in total. The molecule has 6 nitrogen and oxygen atoms in total. The molecule has 25 heavy (non-hydrogen) atoms. The number of hydrogen-bond donors (Lipinski definition) is 3. The smallest absolute Gasteiger partial charge is 0.408 e. The fourth-order valence-electron chi connectivity index (χ4n) is 1.97. The van der Waals surface area contributed by atoms with E-state index < -0.39 is 40.0 Å². The second-order valence-electron chi connectivity index (χ2n) is 7.97. The molecule has 0 aliphatic heterocycles. The number of amides is 1. The summed E-state index contributed by atoms with van der Waals surface area (Å²) in [6.07, 6.45) is -0.817. The summed E-state index contributed by atoms with van der Waals surface area (Å²) in [6.45, 7) is 11.0. The first-order valence-electron chi connectivity index (χ1n) is 8.35. The van der Waals surface area contributed by atoms with Crippen LogP contribution in [0.4, 0.5) is 4.79 Å². The van der Waals surface area contributed by atoms with Crippen molar-refractivity contribution in [3.63, 3.8) is 0 Å². The Morgan fingerprint density at radius 3 is 2.24 bits per heavy atom. The third-order valence-corrected chi connectivity index (χ3v) is 4.86. The molecule has 0 heterocycles. The van der Waals surface area contributed by atoms with Gasteiger partial charge in [-0.25, -0.2) is 4.79 Å². The van der Waals surface area contributed by atoms with Crippen molar-refractivity contribution in [2.24, 2.45) is 5.73 Å². The largest absolute Gasteiger partial charge is 0.598 e. The van der Waals surface area contributed by atoms with Crippen LogP contribution in [0.15, 0.2) is 30.3 Å². The van der Waals surface area contributed by atoms with Crippen molar-refractivity contribution in [2.45, 2.75) is 70.5 Å². The topological polar surface area (TPSA) is 99.4 Å². The number of nitrogens with two attached hydrogens (primary N) is 1. The summed E-state index contributed by atoms with van der Waals surface area (Å²) in [7, 11) is 0. The number of carbonyl (C=O) groups is 1. The van der Waals surface area contributed by atoms with Gasteiger partial charge in [-0.15, -0.1) is 4.72 Å². The number of rotatable bonds is 6. The van der Waals surface area contributed by atoms with Crippen molar-refractivity contribution in [3.8, 4) is 0 Å². The molecule has 0 saturated carbocycles. The summed E-state index contributed by atoms with van der Waals surface area (Å²) in [5.41, 5.74) is 6.59. The number of hydrogen-bond acceptors (Lipinski definition) is 5. The van der Waals surface area contributed by atoms with Gasteiger partial charge in [0.15, 0.2) is 0 Å². The summed E-state index contributed by atoms with van der Waals surface area (Å²) in [4.78, 5) is 12.0. The first-order valence-corrected chi connectivity index (χ1v) is 9.50. The van der Waals surface area contributed by atoms with Gasteiger partial charge in [0, 0.05) is 11.4 Å². The van der Waals surface area contributed by atoms with Crippen LogP contribution < -0.4 is 15.8 Å². The third kappa shape index (κ3) is 8.58. The van der Waals surface area contributed by atoms with E-state index in [-0.39, 0.29) is 0 Å². The van der Waals surface area contributed by atoms with E-state index in [1.807, 2.05) is 51.1 Å². The molecule has 1 unspecified atom stereocenters. The molecule has 0 saturated heterocycles. The highest BCUT2D eigenvalue weighted by Gasteiger charge is 2.32. The zero-order valence-electron chi connectivity index (χ0n) is 16.0. The van der Waals surface area contributed by atoms with E-state index in [0.717, 1.165) is 5.56 Å². The van der Waals surface area contributed by atoms with Crippen molar-refractivity contribution < 1.29 is 14.1 Å². The van der Waals surface area contributed by atoms with Gasteiger partial charge in [-0.1, -0.05) is 30.3 Å². The SMILES string of the molecule is CC(C)(C)OC(=O)N[C@@H](N)[C@@H](Cc1ccccc1)N[S+]([O-])C(C)(C)C. The molecule has 7 heteroatoms. The average molecular weight is 370 g/mol. The Balaban J connectivity index is 2.83. The standard InChI is InChI=1S/C18H31N3O3S/c1-17(2,3)24-16(22)20-15(19)14(21-25(23)18(4,5)6)12-13-10-8-7-9-11-13/h7-11,14-15,21H,12,19H2,1-6H3,(H,20,22)/t14-,15-,25?/m1/s1. The molecule has 0 radical (unpaired) electrons. The predicted molar refractivity (Wildman–Crippen MR) is 102 cm³/mol. The third-order valence-electron chi connectivity index (χ3n) is 3.23. The second kappa shape index (κ2) is 8.89. The molecule has 1 rings (SSSR count). The van der Waals surface area contributed by atoms with Gasteiger partial charge < -0.3 is 20.3 Å². The summed E-state index contributed by atoms with van der Waals surface area (Å²) in [5, 5.41) is 2.63. The van der Waals surface area contributed by atoms with E-state index in [0.29, 0.717) is 6.42 Å². The van der Waals surface area contributed by atoms with Crippen LogP contribution in [0.5, 0.6) is 0 Å². The number of ether oxygens (including phenoxy) is 1. The molecule has 1 aromatic rings. The molecule has 0 aliphatic rings.